The van der Waals surface area contributed by atoms with Gasteiger partial charge in [0.15, 0.2) is 5.82 Å². The van der Waals surface area contributed by atoms with Crippen molar-refractivity contribution in [1.82, 2.24) is 4.98 Å². The largest absolute Gasteiger partial charge is 0.386 e. The molecule has 2 atom stereocenters. The summed E-state index contributed by atoms with van der Waals surface area (Å²) < 4.78 is 39.2. The summed E-state index contributed by atoms with van der Waals surface area (Å²) in [7, 11) is 0. The SMILES string of the molecule is C[C@H]1COC(c2cc(C(C)(C)O)c(F)c(-c3ccc(F)cc3)n2)O1. The molecular formula is C18H19F2NO3. The van der Waals surface area contributed by atoms with Crippen molar-refractivity contribution in [2.24, 2.45) is 0 Å². The zero-order valence-corrected chi connectivity index (χ0v) is 13.7. The number of pyridine rings is 1. The zero-order valence-electron chi connectivity index (χ0n) is 13.7. The lowest BCUT2D eigenvalue weighted by Crippen LogP contribution is -2.20. The number of benzene rings is 1. The molecule has 1 fully saturated rings. The van der Waals surface area contributed by atoms with Crippen LogP contribution in [0.15, 0.2) is 30.3 Å². The van der Waals surface area contributed by atoms with Gasteiger partial charge in [0, 0.05) is 11.1 Å². The normalized spacial score (nSPS) is 21.2. The second kappa shape index (κ2) is 6.20. The molecule has 128 valence electrons. The molecule has 0 aliphatic carbocycles. The first-order valence-corrected chi connectivity index (χ1v) is 7.72. The summed E-state index contributed by atoms with van der Waals surface area (Å²) in [5, 5.41) is 10.3. The Morgan fingerprint density at radius 3 is 2.42 bits per heavy atom. The molecule has 0 saturated carbocycles. The third-order valence-corrected chi connectivity index (χ3v) is 3.83. The van der Waals surface area contributed by atoms with Gasteiger partial charge in [0.2, 0.25) is 6.29 Å². The first-order chi connectivity index (χ1) is 11.3. The number of halogens is 2. The number of hydrogen-bond acceptors (Lipinski definition) is 4. The highest BCUT2D eigenvalue weighted by Gasteiger charge is 2.31. The maximum atomic E-state index is 14.9. The van der Waals surface area contributed by atoms with Crippen LogP contribution >= 0.6 is 0 Å². The zero-order chi connectivity index (χ0) is 17.5. The van der Waals surface area contributed by atoms with Gasteiger partial charge >= 0.3 is 0 Å². The summed E-state index contributed by atoms with van der Waals surface area (Å²) in [6, 6.07) is 6.80. The van der Waals surface area contributed by atoms with E-state index in [0.29, 0.717) is 17.9 Å². The Kier molecular flexibility index (Phi) is 4.38. The van der Waals surface area contributed by atoms with Crippen molar-refractivity contribution in [3.63, 3.8) is 0 Å². The molecular weight excluding hydrogens is 316 g/mol. The van der Waals surface area contributed by atoms with Crippen LogP contribution in [-0.2, 0) is 15.1 Å². The topological polar surface area (TPSA) is 51.6 Å². The van der Waals surface area contributed by atoms with Crippen molar-refractivity contribution in [2.45, 2.75) is 38.8 Å². The standard InChI is InChI=1S/C18H19F2NO3/c1-10-9-23-17(24-10)14-8-13(18(2,3)22)15(20)16(21-14)11-4-6-12(19)7-5-11/h4-8,10,17,22H,9H2,1-3H3/t10-,17?/m0/s1. The van der Waals surface area contributed by atoms with Gasteiger partial charge in [-0.05, 0) is 51.1 Å². The van der Waals surface area contributed by atoms with Gasteiger partial charge in [-0.3, -0.25) is 0 Å². The molecule has 1 aromatic carbocycles. The maximum absolute atomic E-state index is 14.9. The lowest BCUT2D eigenvalue weighted by molar-refractivity contribution is -0.0604. The van der Waals surface area contributed by atoms with Gasteiger partial charge in [0.1, 0.15) is 11.5 Å². The highest BCUT2D eigenvalue weighted by atomic mass is 19.1. The van der Waals surface area contributed by atoms with E-state index >= 15 is 0 Å². The average Bonchev–Trinajstić information content (AvgIpc) is 2.94. The third kappa shape index (κ3) is 3.31. The number of nitrogens with zero attached hydrogens (tertiary/aromatic N) is 1. The smallest absolute Gasteiger partial charge is 0.201 e. The molecule has 1 aromatic heterocycles. The van der Waals surface area contributed by atoms with Gasteiger partial charge in [0.05, 0.1) is 24.0 Å². The van der Waals surface area contributed by atoms with E-state index in [4.69, 9.17) is 9.47 Å². The molecule has 6 heteroatoms. The van der Waals surface area contributed by atoms with E-state index in [0.717, 1.165) is 0 Å². The van der Waals surface area contributed by atoms with Crippen molar-refractivity contribution >= 4 is 0 Å². The Bertz CT molecular complexity index is 741. The minimum atomic E-state index is -1.42. The Hall–Kier alpha value is -1.89. The second-order valence-corrected chi connectivity index (χ2v) is 6.44. The first kappa shape index (κ1) is 17.0. The van der Waals surface area contributed by atoms with E-state index in [-0.39, 0.29) is 17.4 Å². The fourth-order valence-corrected chi connectivity index (χ4v) is 2.58. The predicted octanol–water partition coefficient (Wildman–Crippen LogP) is 3.69. The van der Waals surface area contributed by atoms with Crippen LogP contribution < -0.4 is 0 Å². The van der Waals surface area contributed by atoms with Crippen LogP contribution in [0.2, 0.25) is 0 Å². The number of ether oxygens (including phenoxy) is 2. The second-order valence-electron chi connectivity index (χ2n) is 6.44. The first-order valence-electron chi connectivity index (χ1n) is 7.72. The molecule has 4 nitrogen and oxygen atoms in total. The third-order valence-electron chi connectivity index (χ3n) is 3.83. The van der Waals surface area contributed by atoms with Crippen molar-refractivity contribution in [2.75, 3.05) is 6.61 Å². The lowest BCUT2D eigenvalue weighted by Gasteiger charge is -2.22. The van der Waals surface area contributed by atoms with Gasteiger partial charge in [-0.25, -0.2) is 13.8 Å². The van der Waals surface area contributed by atoms with E-state index in [1.807, 2.05) is 6.92 Å². The summed E-state index contributed by atoms with van der Waals surface area (Å²) >= 11 is 0. The van der Waals surface area contributed by atoms with Crippen molar-refractivity contribution in [1.29, 1.82) is 0 Å². The highest BCUT2D eigenvalue weighted by Crippen LogP contribution is 2.34. The van der Waals surface area contributed by atoms with E-state index in [9.17, 15) is 13.9 Å². The van der Waals surface area contributed by atoms with Crippen LogP contribution in [0.1, 0.15) is 38.3 Å². The molecule has 1 saturated heterocycles. The molecule has 0 radical (unpaired) electrons. The minimum absolute atomic E-state index is 0.0244. The van der Waals surface area contributed by atoms with Gasteiger partial charge in [0.25, 0.3) is 0 Å². The number of hydrogen-bond donors (Lipinski definition) is 1. The van der Waals surface area contributed by atoms with Gasteiger partial charge in [-0.1, -0.05) is 0 Å². The number of rotatable bonds is 3. The van der Waals surface area contributed by atoms with Crippen molar-refractivity contribution < 1.29 is 23.4 Å². The van der Waals surface area contributed by atoms with Crippen LogP contribution in [0.4, 0.5) is 8.78 Å². The molecule has 0 amide bonds. The van der Waals surface area contributed by atoms with E-state index in [1.165, 1.54) is 44.2 Å². The Morgan fingerprint density at radius 1 is 1.21 bits per heavy atom. The van der Waals surface area contributed by atoms with Gasteiger partial charge < -0.3 is 14.6 Å². The van der Waals surface area contributed by atoms with E-state index in [2.05, 4.69) is 4.98 Å². The maximum Gasteiger partial charge on any atom is 0.201 e. The van der Waals surface area contributed by atoms with E-state index in [1.54, 1.807) is 0 Å². The molecule has 1 aliphatic heterocycles. The molecule has 0 spiro atoms. The summed E-state index contributed by atoms with van der Waals surface area (Å²) in [4.78, 5) is 4.30. The lowest BCUT2D eigenvalue weighted by atomic mass is 9.95. The number of aliphatic hydroxyl groups is 1. The Labute approximate surface area is 139 Å². The van der Waals surface area contributed by atoms with E-state index < -0.39 is 23.5 Å². The summed E-state index contributed by atoms with van der Waals surface area (Å²) in [6.07, 6.45) is -0.817. The van der Waals surface area contributed by atoms with Crippen LogP contribution in [0, 0.1) is 11.6 Å². The molecule has 1 N–H and O–H groups in total. The fraction of sp³-hybridized carbons (Fsp3) is 0.389. The number of aromatic nitrogens is 1. The average molecular weight is 335 g/mol. The molecule has 24 heavy (non-hydrogen) atoms. The summed E-state index contributed by atoms with van der Waals surface area (Å²) in [6.45, 7) is 5.25. The summed E-state index contributed by atoms with van der Waals surface area (Å²) in [5.41, 5.74) is -0.528. The fourth-order valence-electron chi connectivity index (χ4n) is 2.58. The molecule has 0 bridgehead atoms. The van der Waals surface area contributed by atoms with Crippen LogP contribution in [0.5, 0.6) is 0 Å². The van der Waals surface area contributed by atoms with Crippen LogP contribution in [-0.4, -0.2) is 22.8 Å². The molecule has 1 unspecified atom stereocenters. The van der Waals surface area contributed by atoms with Crippen LogP contribution in [0.3, 0.4) is 0 Å². The Morgan fingerprint density at radius 2 is 1.88 bits per heavy atom. The minimum Gasteiger partial charge on any atom is -0.386 e. The van der Waals surface area contributed by atoms with Crippen molar-refractivity contribution in [3.8, 4) is 11.3 Å². The monoisotopic (exact) mass is 335 g/mol. The molecule has 2 heterocycles. The van der Waals surface area contributed by atoms with Gasteiger partial charge in [-0.2, -0.15) is 0 Å². The molecule has 1 aliphatic rings. The Balaban J connectivity index is 2.14. The predicted molar refractivity (Wildman–Crippen MR) is 84.1 cm³/mol. The summed E-state index contributed by atoms with van der Waals surface area (Å²) in [5.74, 6) is -1.07. The highest BCUT2D eigenvalue weighted by molar-refractivity contribution is 5.61. The van der Waals surface area contributed by atoms with Gasteiger partial charge in [-0.15, -0.1) is 0 Å². The molecule has 2 aromatic rings. The quantitative estimate of drug-likeness (QED) is 0.929. The molecule has 3 rings (SSSR count). The van der Waals surface area contributed by atoms with Crippen molar-refractivity contribution in [3.05, 3.63) is 53.2 Å². The van der Waals surface area contributed by atoms with Crippen LogP contribution in [0.25, 0.3) is 11.3 Å².